The van der Waals surface area contributed by atoms with E-state index in [2.05, 4.69) is 36.5 Å². The molecule has 2 aromatic rings. The maximum absolute atomic E-state index is 12.1. The van der Waals surface area contributed by atoms with Crippen LogP contribution in [-0.2, 0) is 21.2 Å². The molecule has 0 saturated carbocycles. The summed E-state index contributed by atoms with van der Waals surface area (Å²) in [5.74, 6) is -0.0402. The number of benzene rings is 2. The van der Waals surface area contributed by atoms with Gasteiger partial charge in [-0.05, 0) is 56.4 Å². The van der Waals surface area contributed by atoms with Gasteiger partial charge in [0.25, 0.3) is 0 Å². The van der Waals surface area contributed by atoms with Gasteiger partial charge in [0.2, 0.25) is 15.9 Å². The number of hydrogen-bond acceptors (Lipinski definition) is 3. The maximum atomic E-state index is 12.1. The fourth-order valence-electron chi connectivity index (χ4n) is 3.02. The Morgan fingerprint density at radius 2 is 1.71 bits per heavy atom. The van der Waals surface area contributed by atoms with Crippen LogP contribution in [0.2, 0.25) is 0 Å². The quantitative estimate of drug-likeness (QED) is 0.618. The number of aryl methyl sites for hydroxylation is 3. The van der Waals surface area contributed by atoms with E-state index in [9.17, 15) is 13.2 Å². The molecule has 0 unspecified atom stereocenters. The van der Waals surface area contributed by atoms with Gasteiger partial charge in [0.1, 0.15) is 0 Å². The number of rotatable bonds is 10. The number of amides is 1. The fourth-order valence-corrected chi connectivity index (χ4v) is 3.97. The highest BCUT2D eigenvalue weighted by atomic mass is 32.2. The van der Waals surface area contributed by atoms with E-state index in [0.717, 1.165) is 18.4 Å². The molecular formula is C22H30N2O3S. The third-order valence-corrected chi connectivity index (χ3v) is 5.73. The molecule has 0 aliphatic heterocycles. The predicted molar refractivity (Wildman–Crippen MR) is 115 cm³/mol. The summed E-state index contributed by atoms with van der Waals surface area (Å²) in [6.45, 7) is 4.90. The first-order valence-corrected chi connectivity index (χ1v) is 11.5. The molecule has 0 aromatic heterocycles. The fraction of sp³-hybridized carbons (Fsp3) is 0.409. The normalized spacial score (nSPS) is 11.2. The largest absolute Gasteiger partial charge is 0.356 e. The number of nitrogens with zero attached hydrogens (tertiary/aromatic N) is 1. The monoisotopic (exact) mass is 402 g/mol. The maximum Gasteiger partial charge on any atom is 0.232 e. The molecule has 0 aliphatic rings. The van der Waals surface area contributed by atoms with Gasteiger partial charge in [-0.2, -0.15) is 0 Å². The average Bonchev–Trinajstić information content (AvgIpc) is 2.63. The Hall–Kier alpha value is -2.34. The van der Waals surface area contributed by atoms with Crippen LogP contribution >= 0.6 is 0 Å². The zero-order valence-corrected chi connectivity index (χ0v) is 17.8. The van der Waals surface area contributed by atoms with E-state index in [1.807, 2.05) is 25.1 Å². The Balaban J connectivity index is 1.74. The highest BCUT2D eigenvalue weighted by Crippen LogP contribution is 2.19. The van der Waals surface area contributed by atoms with Crippen LogP contribution in [0.15, 0.2) is 48.5 Å². The van der Waals surface area contributed by atoms with E-state index in [0.29, 0.717) is 31.6 Å². The standard InChI is InChI=1S/C22H30N2O3S/c1-18-11-13-20(14-12-18)8-5-15-23-22(25)10-6-16-24(28(3,26)27)21-9-4-7-19(2)17-21/h4,7,9,11-14,17H,5-6,8,10,15-16H2,1-3H3,(H,23,25). The van der Waals surface area contributed by atoms with E-state index in [1.165, 1.54) is 21.7 Å². The van der Waals surface area contributed by atoms with E-state index in [1.54, 1.807) is 6.07 Å². The van der Waals surface area contributed by atoms with Crippen LogP contribution in [-0.4, -0.2) is 33.7 Å². The van der Waals surface area contributed by atoms with Gasteiger partial charge in [-0.25, -0.2) is 8.42 Å². The first-order chi connectivity index (χ1) is 13.3. The number of nitrogens with one attached hydrogen (secondary N) is 1. The van der Waals surface area contributed by atoms with Gasteiger partial charge >= 0.3 is 0 Å². The number of sulfonamides is 1. The zero-order chi connectivity index (χ0) is 20.6. The molecule has 28 heavy (non-hydrogen) atoms. The van der Waals surface area contributed by atoms with Crippen molar-refractivity contribution in [1.29, 1.82) is 0 Å². The lowest BCUT2D eigenvalue weighted by molar-refractivity contribution is -0.121. The topological polar surface area (TPSA) is 66.5 Å². The zero-order valence-electron chi connectivity index (χ0n) is 16.9. The van der Waals surface area contributed by atoms with Gasteiger partial charge in [0, 0.05) is 19.5 Å². The summed E-state index contributed by atoms with van der Waals surface area (Å²) in [6.07, 6.45) is 3.79. The SMILES string of the molecule is Cc1ccc(CCCNC(=O)CCCN(c2cccc(C)c2)S(C)(=O)=O)cc1. The van der Waals surface area contributed by atoms with E-state index < -0.39 is 10.0 Å². The van der Waals surface area contributed by atoms with Crippen molar-refractivity contribution in [2.75, 3.05) is 23.7 Å². The second-order valence-electron chi connectivity index (χ2n) is 7.22. The molecule has 0 spiro atoms. The first-order valence-electron chi connectivity index (χ1n) is 9.62. The van der Waals surface area contributed by atoms with Crippen molar-refractivity contribution >= 4 is 21.6 Å². The van der Waals surface area contributed by atoms with Gasteiger partial charge in [0.15, 0.2) is 0 Å². The molecule has 0 radical (unpaired) electrons. The summed E-state index contributed by atoms with van der Waals surface area (Å²) >= 11 is 0. The molecular weight excluding hydrogens is 372 g/mol. The average molecular weight is 403 g/mol. The molecule has 2 rings (SSSR count). The highest BCUT2D eigenvalue weighted by Gasteiger charge is 2.17. The number of carbonyl (C=O) groups excluding carboxylic acids is 1. The van der Waals surface area contributed by atoms with E-state index in [-0.39, 0.29) is 5.91 Å². The van der Waals surface area contributed by atoms with Crippen molar-refractivity contribution in [2.45, 2.75) is 39.5 Å². The Labute approximate surface area is 168 Å². The van der Waals surface area contributed by atoms with Crippen molar-refractivity contribution in [3.05, 3.63) is 65.2 Å². The van der Waals surface area contributed by atoms with Crippen LogP contribution < -0.4 is 9.62 Å². The van der Waals surface area contributed by atoms with Crippen LogP contribution in [0.5, 0.6) is 0 Å². The van der Waals surface area contributed by atoms with E-state index >= 15 is 0 Å². The lowest BCUT2D eigenvalue weighted by atomic mass is 10.1. The molecule has 0 atom stereocenters. The summed E-state index contributed by atoms with van der Waals surface area (Å²) < 4.78 is 25.6. The first kappa shape index (κ1) is 22.0. The van der Waals surface area contributed by atoms with Crippen molar-refractivity contribution in [3.63, 3.8) is 0 Å². The Morgan fingerprint density at radius 1 is 1.00 bits per heavy atom. The molecule has 2 aromatic carbocycles. The third kappa shape index (κ3) is 7.35. The van der Waals surface area contributed by atoms with Gasteiger partial charge in [-0.15, -0.1) is 0 Å². The predicted octanol–water partition coefficient (Wildman–Crippen LogP) is 3.60. The summed E-state index contributed by atoms with van der Waals surface area (Å²) in [6, 6.07) is 15.8. The minimum Gasteiger partial charge on any atom is -0.356 e. The molecule has 6 heteroatoms. The second-order valence-corrected chi connectivity index (χ2v) is 9.12. The van der Waals surface area contributed by atoms with Crippen LogP contribution in [0.25, 0.3) is 0 Å². The van der Waals surface area contributed by atoms with Gasteiger partial charge in [0.05, 0.1) is 11.9 Å². The van der Waals surface area contributed by atoms with E-state index in [4.69, 9.17) is 0 Å². The third-order valence-electron chi connectivity index (χ3n) is 4.54. The summed E-state index contributed by atoms with van der Waals surface area (Å²) in [7, 11) is -3.39. The second kappa shape index (κ2) is 10.3. The minimum atomic E-state index is -3.39. The number of carbonyl (C=O) groups is 1. The Kier molecular flexibility index (Phi) is 8.05. The molecule has 0 aliphatic carbocycles. The highest BCUT2D eigenvalue weighted by molar-refractivity contribution is 7.92. The van der Waals surface area contributed by atoms with Crippen molar-refractivity contribution < 1.29 is 13.2 Å². The van der Waals surface area contributed by atoms with Crippen LogP contribution in [0, 0.1) is 13.8 Å². The van der Waals surface area contributed by atoms with Crippen LogP contribution in [0.4, 0.5) is 5.69 Å². The molecule has 0 bridgehead atoms. The Morgan fingerprint density at radius 3 is 2.36 bits per heavy atom. The van der Waals surface area contributed by atoms with Gasteiger partial charge in [-0.3, -0.25) is 9.10 Å². The molecule has 152 valence electrons. The van der Waals surface area contributed by atoms with Crippen molar-refractivity contribution in [1.82, 2.24) is 5.32 Å². The van der Waals surface area contributed by atoms with Gasteiger partial charge in [-0.1, -0.05) is 42.0 Å². The lowest BCUT2D eigenvalue weighted by Crippen LogP contribution is -2.32. The molecule has 5 nitrogen and oxygen atoms in total. The smallest absolute Gasteiger partial charge is 0.232 e. The summed E-state index contributed by atoms with van der Waals surface area (Å²) in [4.78, 5) is 12.0. The minimum absolute atomic E-state index is 0.0402. The van der Waals surface area contributed by atoms with Crippen LogP contribution in [0.1, 0.15) is 36.0 Å². The van der Waals surface area contributed by atoms with Crippen molar-refractivity contribution in [3.8, 4) is 0 Å². The summed E-state index contributed by atoms with van der Waals surface area (Å²) in [5, 5.41) is 2.92. The Bertz CT molecular complexity index is 877. The van der Waals surface area contributed by atoms with Gasteiger partial charge < -0.3 is 5.32 Å². The molecule has 0 heterocycles. The van der Waals surface area contributed by atoms with Crippen molar-refractivity contribution in [2.24, 2.45) is 0 Å². The molecule has 1 amide bonds. The molecule has 0 fully saturated rings. The molecule has 1 N–H and O–H groups in total. The lowest BCUT2D eigenvalue weighted by Gasteiger charge is -2.22. The molecule has 0 saturated heterocycles. The number of anilines is 1. The van der Waals surface area contributed by atoms with Crippen LogP contribution in [0.3, 0.4) is 0 Å². The summed E-state index contributed by atoms with van der Waals surface area (Å²) in [5.41, 5.74) is 4.14. The number of hydrogen-bond donors (Lipinski definition) is 1.